The molecule has 0 saturated carbocycles. The summed E-state index contributed by atoms with van der Waals surface area (Å²) in [5, 5.41) is 4.91. The Morgan fingerprint density at radius 1 is 1.75 bits per heavy atom. The van der Waals surface area contributed by atoms with Crippen LogP contribution in [0.15, 0.2) is 5.10 Å². The predicted molar refractivity (Wildman–Crippen MR) is 32.5 cm³/mol. The van der Waals surface area contributed by atoms with Gasteiger partial charge in [-0.25, -0.2) is 4.39 Å². The molecule has 0 aliphatic carbocycles. The van der Waals surface area contributed by atoms with Crippen molar-refractivity contribution >= 4 is 6.21 Å². The Bertz CT molecular complexity index is 80.5. The molecule has 0 fully saturated rings. The summed E-state index contributed by atoms with van der Waals surface area (Å²) < 4.78 is 12.1. The number of hydrazone groups is 1. The largest absolute Gasteiger partial charge is 0.268 e. The number of halogens is 1. The zero-order valence-electron chi connectivity index (χ0n) is 5.43. The number of hydrogen-bond acceptors (Lipinski definition) is 2. The van der Waals surface area contributed by atoms with Crippen LogP contribution in [0.2, 0.25) is 0 Å². The summed E-state index contributed by atoms with van der Waals surface area (Å²) in [6, 6.07) is 0. The molecule has 3 heteroatoms. The van der Waals surface area contributed by atoms with Crippen molar-refractivity contribution in [2.45, 2.75) is 20.1 Å². The van der Waals surface area contributed by atoms with Crippen molar-refractivity contribution in [1.82, 2.24) is 5.01 Å². The summed E-state index contributed by atoms with van der Waals surface area (Å²) in [7, 11) is 1.59. The van der Waals surface area contributed by atoms with Crippen molar-refractivity contribution < 1.29 is 4.39 Å². The normalized spacial score (nSPS) is 14.5. The lowest BCUT2D eigenvalue weighted by molar-refractivity contribution is 0.133. The second-order valence-electron chi connectivity index (χ2n) is 1.52. The third kappa shape index (κ3) is 2.55. The molecule has 0 aromatic carbocycles. The minimum absolute atomic E-state index is 0.994. The van der Waals surface area contributed by atoms with E-state index in [-0.39, 0.29) is 0 Å². The Kier molecular flexibility index (Phi) is 3.15. The molecular formula is C5H11FN2. The van der Waals surface area contributed by atoms with Crippen LogP contribution in [0.3, 0.4) is 0 Å². The average Bonchev–Trinajstić information content (AvgIpc) is 1.67. The lowest BCUT2D eigenvalue weighted by Gasteiger charge is -2.12. The number of rotatable bonds is 2. The van der Waals surface area contributed by atoms with Crippen LogP contribution in [-0.2, 0) is 0 Å². The second-order valence-corrected chi connectivity index (χ2v) is 1.52. The molecule has 0 heterocycles. The lowest BCUT2D eigenvalue weighted by atomic mass is 10.7. The molecule has 0 bridgehead atoms. The van der Waals surface area contributed by atoms with E-state index < -0.39 is 6.30 Å². The molecule has 1 unspecified atom stereocenters. The van der Waals surface area contributed by atoms with Gasteiger partial charge in [0.05, 0.1) is 0 Å². The van der Waals surface area contributed by atoms with E-state index >= 15 is 0 Å². The first kappa shape index (κ1) is 7.40. The van der Waals surface area contributed by atoms with E-state index in [1.807, 2.05) is 0 Å². The van der Waals surface area contributed by atoms with Crippen LogP contribution in [0.1, 0.15) is 13.8 Å². The summed E-state index contributed by atoms with van der Waals surface area (Å²) in [6.07, 6.45) is 0.557. The lowest BCUT2D eigenvalue weighted by Crippen LogP contribution is -2.18. The summed E-state index contributed by atoms with van der Waals surface area (Å²) >= 11 is 0. The SMILES string of the molecule is C/C=N/N(C)C(C)F. The van der Waals surface area contributed by atoms with Gasteiger partial charge >= 0.3 is 0 Å². The molecule has 0 radical (unpaired) electrons. The van der Waals surface area contributed by atoms with Gasteiger partial charge in [0.1, 0.15) is 0 Å². The molecule has 0 rings (SSSR count). The Hall–Kier alpha value is -0.600. The van der Waals surface area contributed by atoms with Crippen molar-refractivity contribution in [3.63, 3.8) is 0 Å². The third-order valence-electron chi connectivity index (χ3n) is 0.813. The predicted octanol–water partition coefficient (Wildman–Crippen LogP) is 1.24. The van der Waals surface area contributed by atoms with Crippen LogP contribution in [0, 0.1) is 0 Å². The Balaban J connectivity index is 3.47. The van der Waals surface area contributed by atoms with Crippen molar-refractivity contribution in [3.05, 3.63) is 0 Å². The number of hydrogen-bond donors (Lipinski definition) is 0. The van der Waals surface area contributed by atoms with Crippen molar-refractivity contribution in [2.75, 3.05) is 7.05 Å². The monoisotopic (exact) mass is 118 g/mol. The van der Waals surface area contributed by atoms with Crippen LogP contribution in [0.25, 0.3) is 0 Å². The molecular weight excluding hydrogens is 107 g/mol. The van der Waals surface area contributed by atoms with Crippen LogP contribution >= 0.6 is 0 Å². The van der Waals surface area contributed by atoms with Gasteiger partial charge in [-0.3, -0.25) is 5.01 Å². The first-order chi connectivity index (χ1) is 3.68. The molecule has 0 spiro atoms. The Labute approximate surface area is 49.0 Å². The zero-order chi connectivity index (χ0) is 6.57. The van der Waals surface area contributed by atoms with E-state index in [1.54, 1.807) is 20.2 Å². The number of nitrogens with zero attached hydrogens (tertiary/aromatic N) is 2. The summed E-state index contributed by atoms with van der Waals surface area (Å²) in [5.41, 5.74) is 0. The van der Waals surface area contributed by atoms with Gasteiger partial charge in [-0.1, -0.05) is 0 Å². The molecule has 48 valence electrons. The standard InChI is InChI=1S/C5H11FN2/c1-4-7-8(3)5(2)6/h4-5H,1-3H3/b7-4+. The van der Waals surface area contributed by atoms with Crippen LogP contribution in [0.5, 0.6) is 0 Å². The molecule has 0 amide bonds. The average molecular weight is 118 g/mol. The zero-order valence-corrected chi connectivity index (χ0v) is 5.43. The highest BCUT2D eigenvalue weighted by Gasteiger charge is 1.98. The first-order valence-electron chi connectivity index (χ1n) is 2.54. The number of alkyl halides is 1. The minimum atomic E-state index is -0.994. The maximum absolute atomic E-state index is 12.1. The van der Waals surface area contributed by atoms with Crippen molar-refractivity contribution in [3.8, 4) is 0 Å². The summed E-state index contributed by atoms with van der Waals surface area (Å²) in [4.78, 5) is 0. The molecule has 0 aromatic rings. The van der Waals surface area contributed by atoms with E-state index in [2.05, 4.69) is 5.10 Å². The third-order valence-corrected chi connectivity index (χ3v) is 0.813. The topological polar surface area (TPSA) is 15.6 Å². The maximum atomic E-state index is 12.1. The van der Waals surface area contributed by atoms with Gasteiger partial charge in [0, 0.05) is 13.3 Å². The van der Waals surface area contributed by atoms with E-state index in [9.17, 15) is 4.39 Å². The van der Waals surface area contributed by atoms with E-state index in [0.717, 1.165) is 0 Å². The van der Waals surface area contributed by atoms with Crippen LogP contribution in [0.4, 0.5) is 4.39 Å². The summed E-state index contributed by atoms with van der Waals surface area (Å²) in [6.45, 7) is 3.19. The van der Waals surface area contributed by atoms with Gasteiger partial charge in [-0.15, -0.1) is 0 Å². The molecule has 0 aromatic heterocycles. The molecule has 1 atom stereocenters. The van der Waals surface area contributed by atoms with Gasteiger partial charge < -0.3 is 0 Å². The fourth-order valence-electron chi connectivity index (χ4n) is 0.274. The van der Waals surface area contributed by atoms with Gasteiger partial charge in [0.25, 0.3) is 0 Å². The van der Waals surface area contributed by atoms with Crippen molar-refractivity contribution in [1.29, 1.82) is 0 Å². The molecule has 2 nitrogen and oxygen atoms in total. The van der Waals surface area contributed by atoms with Crippen LogP contribution < -0.4 is 0 Å². The highest BCUT2D eigenvalue weighted by Crippen LogP contribution is 1.94. The molecule has 8 heavy (non-hydrogen) atoms. The van der Waals surface area contributed by atoms with E-state index in [1.165, 1.54) is 11.9 Å². The van der Waals surface area contributed by atoms with Gasteiger partial charge in [0.15, 0.2) is 6.30 Å². The Morgan fingerprint density at radius 2 is 2.25 bits per heavy atom. The highest BCUT2D eigenvalue weighted by molar-refractivity contribution is 5.52. The van der Waals surface area contributed by atoms with Gasteiger partial charge in [-0.2, -0.15) is 5.10 Å². The summed E-state index contributed by atoms with van der Waals surface area (Å²) in [5.74, 6) is 0. The second kappa shape index (κ2) is 3.41. The van der Waals surface area contributed by atoms with E-state index in [4.69, 9.17) is 0 Å². The van der Waals surface area contributed by atoms with E-state index in [0.29, 0.717) is 0 Å². The first-order valence-corrected chi connectivity index (χ1v) is 2.54. The van der Waals surface area contributed by atoms with Gasteiger partial charge in [-0.05, 0) is 13.8 Å². The maximum Gasteiger partial charge on any atom is 0.184 e. The van der Waals surface area contributed by atoms with Gasteiger partial charge in [0.2, 0.25) is 0 Å². The molecule has 0 aliphatic rings. The Morgan fingerprint density at radius 3 is 2.38 bits per heavy atom. The molecule has 0 saturated heterocycles. The molecule has 0 N–H and O–H groups in total. The fourth-order valence-corrected chi connectivity index (χ4v) is 0.274. The fraction of sp³-hybridized carbons (Fsp3) is 0.800. The molecule has 0 aliphatic heterocycles. The minimum Gasteiger partial charge on any atom is -0.268 e. The smallest absolute Gasteiger partial charge is 0.184 e. The van der Waals surface area contributed by atoms with Crippen molar-refractivity contribution in [2.24, 2.45) is 5.10 Å². The quantitative estimate of drug-likeness (QED) is 0.302. The van der Waals surface area contributed by atoms with Crippen LogP contribution in [-0.4, -0.2) is 24.6 Å². The highest BCUT2D eigenvalue weighted by atomic mass is 19.1.